The monoisotopic (exact) mass is 201 g/mol. The van der Waals surface area contributed by atoms with Gasteiger partial charge in [0.2, 0.25) is 5.91 Å². The van der Waals surface area contributed by atoms with Crippen molar-refractivity contribution in [1.29, 1.82) is 0 Å². The topological polar surface area (TPSA) is 77.2 Å². The molecule has 68 valence electrons. The minimum Gasteiger partial charge on any atom is -0.369 e. The van der Waals surface area contributed by atoms with Crippen LogP contribution in [0.5, 0.6) is 0 Å². The molecule has 0 aromatic carbocycles. The third-order valence-electron chi connectivity index (χ3n) is 1.20. The molecule has 0 rings (SSSR count). The lowest BCUT2D eigenvalue weighted by atomic mass is 10.3. The number of hydrogen-bond acceptors (Lipinski definition) is 3. The van der Waals surface area contributed by atoms with Gasteiger partial charge in [-0.05, 0) is 6.42 Å². The number of sulfone groups is 1. The number of hydrogen-bond donors (Lipinski definition) is 1. The largest absolute Gasteiger partial charge is 0.369 e. The third kappa shape index (κ3) is 4.21. The first kappa shape index (κ1) is 13.3. The zero-order valence-corrected chi connectivity index (χ0v) is 8.04. The maximum Gasteiger partial charge on any atom is 0.235 e. The van der Waals surface area contributed by atoms with E-state index < -0.39 is 21.0 Å². The molecule has 0 spiro atoms. The highest BCUT2D eigenvalue weighted by atomic mass is 35.5. The summed E-state index contributed by atoms with van der Waals surface area (Å²) in [5.74, 6) is -0.773. The molecule has 1 amide bonds. The van der Waals surface area contributed by atoms with Crippen LogP contribution in [0, 0.1) is 0 Å². The van der Waals surface area contributed by atoms with Crippen LogP contribution in [0.25, 0.3) is 0 Å². The normalized spacial score (nSPS) is 13.3. The highest BCUT2D eigenvalue weighted by Gasteiger charge is 2.23. The van der Waals surface area contributed by atoms with Gasteiger partial charge in [-0.3, -0.25) is 4.79 Å². The number of carbonyl (C=O) groups excluding carboxylic acids is 1. The molecule has 4 nitrogen and oxygen atoms in total. The Hall–Kier alpha value is -0.290. The summed E-state index contributed by atoms with van der Waals surface area (Å²) in [5, 5.41) is -1.02. The Morgan fingerprint density at radius 1 is 1.55 bits per heavy atom. The Labute approximate surface area is 72.5 Å². The van der Waals surface area contributed by atoms with Crippen molar-refractivity contribution in [2.75, 3.05) is 6.26 Å². The van der Waals surface area contributed by atoms with E-state index >= 15 is 0 Å². The lowest BCUT2D eigenvalue weighted by Gasteiger charge is -2.06. The maximum absolute atomic E-state index is 10.7. The molecule has 2 N–H and O–H groups in total. The minimum atomic E-state index is -3.29. The molecular formula is C5H12ClNO3S. The molecule has 1 atom stereocenters. The molecule has 0 fully saturated rings. The van der Waals surface area contributed by atoms with E-state index in [0.717, 1.165) is 6.26 Å². The maximum atomic E-state index is 10.7. The van der Waals surface area contributed by atoms with Crippen molar-refractivity contribution in [3.63, 3.8) is 0 Å². The molecule has 0 aromatic rings. The van der Waals surface area contributed by atoms with E-state index in [1.165, 1.54) is 0 Å². The van der Waals surface area contributed by atoms with Crippen LogP contribution in [-0.4, -0.2) is 25.8 Å². The Morgan fingerprint density at radius 2 is 1.91 bits per heavy atom. The van der Waals surface area contributed by atoms with Crippen molar-refractivity contribution in [3.05, 3.63) is 0 Å². The van der Waals surface area contributed by atoms with E-state index in [-0.39, 0.29) is 18.8 Å². The fourth-order valence-electron chi connectivity index (χ4n) is 0.715. The Balaban J connectivity index is 0. The average Bonchev–Trinajstić information content (AvgIpc) is 1.60. The molecule has 11 heavy (non-hydrogen) atoms. The van der Waals surface area contributed by atoms with Crippen molar-refractivity contribution in [1.82, 2.24) is 0 Å². The van der Waals surface area contributed by atoms with Crippen LogP contribution in [0.1, 0.15) is 13.3 Å². The van der Waals surface area contributed by atoms with E-state index in [1.54, 1.807) is 6.92 Å². The van der Waals surface area contributed by atoms with Gasteiger partial charge >= 0.3 is 0 Å². The van der Waals surface area contributed by atoms with Gasteiger partial charge in [0.15, 0.2) is 9.84 Å². The van der Waals surface area contributed by atoms with E-state index in [1.807, 2.05) is 0 Å². The molecule has 0 saturated carbocycles. The zero-order valence-electron chi connectivity index (χ0n) is 6.40. The van der Waals surface area contributed by atoms with Crippen molar-refractivity contribution in [2.24, 2.45) is 5.73 Å². The highest BCUT2D eigenvalue weighted by molar-refractivity contribution is 7.92. The Kier molecular flexibility index (Phi) is 5.52. The fourth-order valence-corrected chi connectivity index (χ4v) is 1.74. The van der Waals surface area contributed by atoms with Gasteiger partial charge < -0.3 is 5.73 Å². The van der Waals surface area contributed by atoms with E-state index in [9.17, 15) is 13.2 Å². The third-order valence-corrected chi connectivity index (χ3v) is 2.80. The van der Waals surface area contributed by atoms with Gasteiger partial charge in [-0.25, -0.2) is 8.42 Å². The summed E-state index contributed by atoms with van der Waals surface area (Å²) in [7, 11) is -3.29. The molecule has 0 radical (unpaired) electrons. The van der Waals surface area contributed by atoms with Crippen LogP contribution in [0.4, 0.5) is 0 Å². The van der Waals surface area contributed by atoms with Gasteiger partial charge in [-0.15, -0.1) is 12.4 Å². The number of rotatable bonds is 3. The van der Waals surface area contributed by atoms with Crippen molar-refractivity contribution in [3.8, 4) is 0 Å². The van der Waals surface area contributed by atoms with E-state index in [4.69, 9.17) is 5.73 Å². The van der Waals surface area contributed by atoms with Gasteiger partial charge in [-0.2, -0.15) is 0 Å². The van der Waals surface area contributed by atoms with Gasteiger partial charge in [0.1, 0.15) is 5.25 Å². The lowest BCUT2D eigenvalue weighted by Crippen LogP contribution is -2.34. The average molecular weight is 202 g/mol. The molecular weight excluding hydrogens is 190 g/mol. The lowest BCUT2D eigenvalue weighted by molar-refractivity contribution is -0.117. The number of halogens is 1. The molecule has 1 unspecified atom stereocenters. The first-order valence-electron chi connectivity index (χ1n) is 2.87. The van der Waals surface area contributed by atoms with Crippen LogP contribution < -0.4 is 5.73 Å². The molecule has 6 heteroatoms. The Morgan fingerprint density at radius 3 is 1.91 bits per heavy atom. The SMILES string of the molecule is CCC(C(N)=O)S(C)(=O)=O.Cl. The summed E-state index contributed by atoms with van der Waals surface area (Å²) in [4.78, 5) is 10.4. The fraction of sp³-hybridized carbons (Fsp3) is 0.800. The number of amides is 1. The summed E-state index contributed by atoms with van der Waals surface area (Å²) in [6.45, 7) is 1.61. The van der Waals surface area contributed by atoms with E-state index in [0.29, 0.717) is 0 Å². The predicted octanol–water partition coefficient (Wildman–Crippen LogP) is -0.283. The van der Waals surface area contributed by atoms with Crippen LogP contribution in [0.3, 0.4) is 0 Å². The van der Waals surface area contributed by atoms with Crippen LogP contribution in [0.2, 0.25) is 0 Å². The standard InChI is InChI=1S/C5H11NO3S.ClH/c1-3-4(5(6)7)10(2,8)9;/h4H,3H2,1-2H3,(H2,6,7);1H. The number of carbonyl (C=O) groups is 1. The van der Waals surface area contributed by atoms with Gasteiger partial charge in [-0.1, -0.05) is 6.92 Å². The van der Waals surface area contributed by atoms with E-state index in [2.05, 4.69) is 0 Å². The smallest absolute Gasteiger partial charge is 0.235 e. The summed E-state index contributed by atoms with van der Waals surface area (Å²) in [6, 6.07) is 0. The number of nitrogens with two attached hydrogens (primary N) is 1. The quantitative estimate of drug-likeness (QED) is 0.682. The Bertz CT molecular complexity index is 224. The summed E-state index contributed by atoms with van der Waals surface area (Å²) in [5.41, 5.74) is 4.82. The number of primary amides is 1. The predicted molar refractivity (Wildman–Crippen MR) is 45.4 cm³/mol. The van der Waals surface area contributed by atoms with Crippen molar-refractivity contribution >= 4 is 28.2 Å². The van der Waals surface area contributed by atoms with Gasteiger partial charge in [0.05, 0.1) is 0 Å². The molecule has 0 aliphatic rings. The second-order valence-corrected chi connectivity index (χ2v) is 4.36. The molecule has 0 aliphatic carbocycles. The highest BCUT2D eigenvalue weighted by Crippen LogP contribution is 2.01. The molecule has 0 heterocycles. The molecule has 0 aliphatic heterocycles. The zero-order chi connectivity index (χ0) is 8.36. The second-order valence-electron chi connectivity index (χ2n) is 2.13. The van der Waals surface area contributed by atoms with Crippen LogP contribution in [-0.2, 0) is 14.6 Å². The van der Waals surface area contributed by atoms with Crippen molar-refractivity contribution < 1.29 is 13.2 Å². The van der Waals surface area contributed by atoms with Crippen LogP contribution >= 0.6 is 12.4 Å². The van der Waals surface area contributed by atoms with Gasteiger partial charge in [0, 0.05) is 6.26 Å². The molecule has 0 aromatic heterocycles. The molecule has 0 saturated heterocycles. The summed E-state index contributed by atoms with van der Waals surface area (Å²) >= 11 is 0. The summed E-state index contributed by atoms with van der Waals surface area (Å²) < 4.78 is 21.4. The first-order chi connectivity index (χ1) is 4.39. The van der Waals surface area contributed by atoms with Gasteiger partial charge in [0.25, 0.3) is 0 Å². The van der Waals surface area contributed by atoms with Crippen molar-refractivity contribution in [2.45, 2.75) is 18.6 Å². The molecule has 0 bridgehead atoms. The summed E-state index contributed by atoms with van der Waals surface area (Å²) in [6.07, 6.45) is 1.25. The minimum absolute atomic E-state index is 0. The second kappa shape index (κ2) is 4.56. The first-order valence-corrected chi connectivity index (χ1v) is 4.83. The van der Waals surface area contributed by atoms with Crippen LogP contribution in [0.15, 0.2) is 0 Å².